The van der Waals surface area contributed by atoms with Crippen LogP contribution >= 0.6 is 23.2 Å². The van der Waals surface area contributed by atoms with E-state index in [1.54, 1.807) is 12.1 Å². The Balaban J connectivity index is 1.80. The van der Waals surface area contributed by atoms with Gasteiger partial charge in [-0.15, -0.1) is 0 Å². The average Bonchev–Trinajstić information content (AvgIpc) is 2.81. The third-order valence-corrected chi connectivity index (χ3v) is 5.08. The lowest BCUT2D eigenvalue weighted by Gasteiger charge is -2.13. The molecule has 0 atom stereocenters. The number of benzene rings is 3. The first-order chi connectivity index (χ1) is 15.9. The summed E-state index contributed by atoms with van der Waals surface area (Å²) in [5.41, 5.74) is 1.99. The van der Waals surface area contributed by atoms with Crippen LogP contribution in [0.1, 0.15) is 27.0 Å². The summed E-state index contributed by atoms with van der Waals surface area (Å²) in [4.78, 5) is 23.5. The molecule has 0 unspecified atom stereocenters. The number of hydrogen-bond donors (Lipinski definition) is 2. The van der Waals surface area contributed by atoms with Crippen molar-refractivity contribution in [3.05, 3.63) is 105 Å². The molecular weight excluding hydrogens is 463 g/mol. The number of ether oxygens (including phenoxy) is 1. The van der Waals surface area contributed by atoms with Crippen molar-refractivity contribution in [1.82, 2.24) is 5.32 Å². The molecule has 3 rings (SSSR count). The molecule has 0 bridgehead atoms. The van der Waals surface area contributed by atoms with E-state index in [0.717, 1.165) is 5.56 Å². The second-order valence-electron chi connectivity index (χ2n) is 6.93. The van der Waals surface area contributed by atoms with Crippen LogP contribution in [0.3, 0.4) is 0 Å². The zero-order valence-electron chi connectivity index (χ0n) is 17.2. The van der Waals surface area contributed by atoms with E-state index in [9.17, 15) is 14.9 Å². The SMILES string of the molecule is N#C/C(=C\c1cc(Cl)cc(Cl)c1OCc1ccc(C(=O)O)cc1)C(=O)NCc1ccccc1. The lowest BCUT2D eigenvalue weighted by molar-refractivity contribution is -0.117. The first kappa shape index (κ1) is 23.9. The zero-order valence-corrected chi connectivity index (χ0v) is 18.7. The first-order valence-corrected chi connectivity index (χ1v) is 10.5. The molecule has 1 amide bonds. The van der Waals surface area contributed by atoms with Crippen molar-refractivity contribution >= 4 is 41.2 Å². The van der Waals surface area contributed by atoms with E-state index in [0.29, 0.717) is 16.1 Å². The summed E-state index contributed by atoms with van der Waals surface area (Å²) in [6.07, 6.45) is 1.36. The molecule has 0 aromatic heterocycles. The number of aromatic carboxylic acids is 1. The van der Waals surface area contributed by atoms with Gasteiger partial charge in [-0.3, -0.25) is 4.79 Å². The van der Waals surface area contributed by atoms with Crippen molar-refractivity contribution in [1.29, 1.82) is 5.26 Å². The highest BCUT2D eigenvalue weighted by atomic mass is 35.5. The van der Waals surface area contributed by atoms with Crippen LogP contribution < -0.4 is 10.1 Å². The molecule has 166 valence electrons. The van der Waals surface area contributed by atoms with E-state index >= 15 is 0 Å². The summed E-state index contributed by atoms with van der Waals surface area (Å²) in [7, 11) is 0. The van der Waals surface area contributed by atoms with Crippen molar-refractivity contribution in [2.75, 3.05) is 0 Å². The van der Waals surface area contributed by atoms with Gasteiger partial charge in [0.1, 0.15) is 24.0 Å². The number of carboxylic acids is 1. The molecule has 8 heteroatoms. The van der Waals surface area contributed by atoms with Crippen molar-refractivity contribution in [2.45, 2.75) is 13.2 Å². The second-order valence-corrected chi connectivity index (χ2v) is 7.78. The molecule has 0 radical (unpaired) electrons. The lowest BCUT2D eigenvalue weighted by atomic mass is 10.1. The molecular formula is C25H18Cl2N2O4. The molecule has 3 aromatic carbocycles. The number of rotatable bonds is 8. The number of hydrogen-bond acceptors (Lipinski definition) is 4. The Hall–Kier alpha value is -3.79. The summed E-state index contributed by atoms with van der Waals surface area (Å²) < 4.78 is 5.84. The van der Waals surface area contributed by atoms with Crippen LogP contribution in [0.2, 0.25) is 10.0 Å². The number of amides is 1. The average molecular weight is 481 g/mol. The fraction of sp³-hybridized carbons (Fsp3) is 0.0800. The number of nitrogens with one attached hydrogen (secondary N) is 1. The molecule has 0 aliphatic carbocycles. The van der Waals surface area contributed by atoms with Gasteiger partial charge in [-0.2, -0.15) is 5.26 Å². The second kappa shape index (κ2) is 11.2. The van der Waals surface area contributed by atoms with Crippen LogP contribution in [-0.2, 0) is 17.9 Å². The summed E-state index contributed by atoms with van der Waals surface area (Å²) in [6, 6.07) is 20.4. The molecule has 6 nitrogen and oxygen atoms in total. The van der Waals surface area contributed by atoms with Crippen LogP contribution in [0.15, 0.2) is 72.3 Å². The van der Waals surface area contributed by atoms with Crippen molar-refractivity contribution in [2.24, 2.45) is 0 Å². The minimum absolute atomic E-state index is 0.0875. The van der Waals surface area contributed by atoms with Gasteiger partial charge in [0, 0.05) is 17.1 Å². The lowest BCUT2D eigenvalue weighted by Crippen LogP contribution is -2.23. The van der Waals surface area contributed by atoms with Gasteiger partial charge in [0.15, 0.2) is 0 Å². The highest BCUT2D eigenvalue weighted by molar-refractivity contribution is 6.36. The summed E-state index contributed by atoms with van der Waals surface area (Å²) in [6.45, 7) is 0.356. The summed E-state index contributed by atoms with van der Waals surface area (Å²) >= 11 is 12.4. The van der Waals surface area contributed by atoms with Gasteiger partial charge in [-0.05, 0) is 41.5 Å². The van der Waals surface area contributed by atoms with Gasteiger partial charge < -0.3 is 15.2 Å². The van der Waals surface area contributed by atoms with Gasteiger partial charge in [0.05, 0.1) is 10.6 Å². The van der Waals surface area contributed by atoms with Crippen LogP contribution in [0, 0.1) is 11.3 Å². The standard InChI is InChI=1S/C25H18Cl2N2O4/c26-21-11-19(10-20(13-28)24(30)29-14-16-4-2-1-3-5-16)23(22(27)12-21)33-15-17-6-8-18(9-7-17)25(31)32/h1-12H,14-15H2,(H,29,30)(H,31,32)/b20-10+. The molecule has 0 fully saturated rings. The molecule has 2 N–H and O–H groups in total. The molecule has 0 spiro atoms. The van der Waals surface area contributed by atoms with Gasteiger partial charge in [-0.25, -0.2) is 4.79 Å². The molecule has 0 aliphatic heterocycles. The Kier molecular flexibility index (Phi) is 8.09. The normalized spacial score (nSPS) is 10.9. The number of carbonyl (C=O) groups is 2. The molecule has 0 heterocycles. The van der Waals surface area contributed by atoms with Gasteiger partial charge in [0.25, 0.3) is 5.91 Å². The van der Waals surface area contributed by atoms with E-state index in [1.165, 1.54) is 30.3 Å². The minimum Gasteiger partial charge on any atom is -0.487 e. The molecule has 0 aliphatic rings. The first-order valence-electron chi connectivity index (χ1n) is 9.75. The predicted molar refractivity (Wildman–Crippen MR) is 126 cm³/mol. The highest BCUT2D eigenvalue weighted by Gasteiger charge is 2.15. The number of nitriles is 1. The number of halogens is 2. The van der Waals surface area contributed by atoms with Gasteiger partial charge >= 0.3 is 5.97 Å². The van der Waals surface area contributed by atoms with E-state index in [1.807, 2.05) is 36.4 Å². The van der Waals surface area contributed by atoms with Crippen LogP contribution in [0.4, 0.5) is 0 Å². The highest BCUT2D eigenvalue weighted by Crippen LogP contribution is 2.34. The summed E-state index contributed by atoms with van der Waals surface area (Å²) in [5, 5.41) is 21.8. The largest absolute Gasteiger partial charge is 0.487 e. The van der Waals surface area contributed by atoms with E-state index in [2.05, 4.69) is 5.32 Å². The fourth-order valence-electron chi connectivity index (χ4n) is 2.92. The van der Waals surface area contributed by atoms with E-state index < -0.39 is 11.9 Å². The Labute approximate surface area is 200 Å². The van der Waals surface area contributed by atoms with E-state index in [-0.39, 0.29) is 35.1 Å². The number of carbonyl (C=O) groups excluding carboxylic acids is 1. The van der Waals surface area contributed by atoms with Gasteiger partial charge in [-0.1, -0.05) is 65.7 Å². The van der Waals surface area contributed by atoms with Crippen LogP contribution in [0.25, 0.3) is 6.08 Å². The number of carboxylic acid groups (broad SMARTS) is 1. The third-order valence-electron chi connectivity index (χ3n) is 4.58. The van der Waals surface area contributed by atoms with Crippen molar-refractivity contribution < 1.29 is 19.4 Å². The van der Waals surface area contributed by atoms with Gasteiger partial charge in [0.2, 0.25) is 0 Å². The molecule has 3 aromatic rings. The Morgan fingerprint density at radius 3 is 2.36 bits per heavy atom. The minimum atomic E-state index is -1.02. The summed E-state index contributed by atoms with van der Waals surface area (Å²) in [5.74, 6) is -1.33. The third kappa shape index (κ3) is 6.59. The van der Waals surface area contributed by atoms with Crippen molar-refractivity contribution in [3.63, 3.8) is 0 Å². The maximum absolute atomic E-state index is 12.5. The maximum atomic E-state index is 12.5. The molecule has 0 saturated carbocycles. The Morgan fingerprint density at radius 2 is 1.73 bits per heavy atom. The monoisotopic (exact) mass is 480 g/mol. The quantitative estimate of drug-likeness (QED) is 0.327. The predicted octanol–water partition coefficient (Wildman–Crippen LogP) is 5.49. The topological polar surface area (TPSA) is 99.4 Å². The fourth-order valence-corrected chi connectivity index (χ4v) is 3.48. The van der Waals surface area contributed by atoms with Crippen LogP contribution in [-0.4, -0.2) is 17.0 Å². The zero-order chi connectivity index (χ0) is 23.8. The van der Waals surface area contributed by atoms with E-state index in [4.69, 9.17) is 33.0 Å². The smallest absolute Gasteiger partial charge is 0.335 e. The Morgan fingerprint density at radius 1 is 1.03 bits per heavy atom. The number of nitrogens with zero attached hydrogens (tertiary/aromatic N) is 1. The molecule has 33 heavy (non-hydrogen) atoms. The maximum Gasteiger partial charge on any atom is 0.335 e. The molecule has 0 saturated heterocycles. The van der Waals surface area contributed by atoms with Crippen LogP contribution in [0.5, 0.6) is 5.75 Å². The Bertz CT molecular complexity index is 1230. The van der Waals surface area contributed by atoms with Crippen molar-refractivity contribution in [3.8, 4) is 11.8 Å².